The lowest BCUT2D eigenvalue weighted by Gasteiger charge is -2.36. The van der Waals surface area contributed by atoms with Gasteiger partial charge in [-0.15, -0.1) is 0 Å². The van der Waals surface area contributed by atoms with Gasteiger partial charge in [-0.3, -0.25) is 24.0 Å². The molecule has 55 heavy (non-hydrogen) atoms. The van der Waals surface area contributed by atoms with Crippen LogP contribution in [0.4, 0.5) is 4.79 Å². The molecule has 0 aromatic rings. The zero-order valence-corrected chi connectivity index (χ0v) is 33.8. The Morgan fingerprint density at radius 1 is 0.945 bits per heavy atom. The Kier molecular flexibility index (Phi) is 21.5. The predicted octanol–water partition coefficient (Wildman–Crippen LogP) is 1.01. The molecule has 316 valence electrons. The highest BCUT2D eigenvalue weighted by Crippen LogP contribution is 2.28. The molecule has 1 saturated carbocycles. The van der Waals surface area contributed by atoms with Gasteiger partial charge in [-0.05, 0) is 44.4 Å². The van der Waals surface area contributed by atoms with Crippen molar-refractivity contribution in [3.05, 3.63) is 0 Å². The second-order valence-electron chi connectivity index (χ2n) is 15.6. The van der Waals surface area contributed by atoms with Crippen LogP contribution in [0.15, 0.2) is 0 Å². The van der Waals surface area contributed by atoms with Crippen molar-refractivity contribution in [1.29, 1.82) is 0 Å². The van der Waals surface area contributed by atoms with Gasteiger partial charge in [0.1, 0.15) is 24.2 Å². The summed E-state index contributed by atoms with van der Waals surface area (Å²) in [5.74, 6) is -3.96. The molecular weight excluding hydrogens is 714 g/mol. The summed E-state index contributed by atoms with van der Waals surface area (Å²) >= 11 is 0. The van der Waals surface area contributed by atoms with Crippen molar-refractivity contribution < 1.29 is 48.5 Å². The number of amides is 6. The maximum atomic E-state index is 14.3. The van der Waals surface area contributed by atoms with Crippen LogP contribution in [0.3, 0.4) is 0 Å². The SMILES string of the molecule is CCCCCC[C@H]1OC[C@@H](C)NC(=O)[C@H](COCC(O)CN)NC(=O)[C@H](CNC(=O)O)NC(=O)[C@H](C2CCCCC2)NC(=O)[C@H](CC(C)C)N(C)C(=O)[C@@H]1C. The van der Waals surface area contributed by atoms with Gasteiger partial charge in [0, 0.05) is 19.6 Å². The summed E-state index contributed by atoms with van der Waals surface area (Å²) in [6, 6.07) is -5.44. The third kappa shape index (κ3) is 16.6. The fourth-order valence-electron chi connectivity index (χ4n) is 7.04. The van der Waals surface area contributed by atoms with Crippen LogP contribution >= 0.6 is 0 Å². The summed E-state index contributed by atoms with van der Waals surface area (Å²) in [5, 5.41) is 32.4. The standard InChI is InChI=1S/C38H69N7O10/c1-7-8-9-13-16-31-25(5)37(51)45(6)30(17-23(2)3)35(49)44-32(26-14-11-10-12-15-26)36(50)42-28(19-40-38(52)53)33(47)43-29(22-54-21-27(46)18-39)34(48)41-24(4)20-55-31/h23-32,40,46H,7-22,39H2,1-6H3,(H,41,48)(H,42,50)(H,43,47)(H,44,49)(H,52,53)/t24-,25-,27?,28+,29+,30+,31-,32+/m1/s1. The van der Waals surface area contributed by atoms with Gasteiger partial charge < -0.3 is 56.9 Å². The molecule has 0 radical (unpaired) electrons. The van der Waals surface area contributed by atoms with Gasteiger partial charge in [0.2, 0.25) is 29.5 Å². The first-order valence-corrected chi connectivity index (χ1v) is 20.1. The summed E-state index contributed by atoms with van der Waals surface area (Å²) in [6.07, 6.45) is 5.60. The maximum Gasteiger partial charge on any atom is 0.404 e. The van der Waals surface area contributed by atoms with Crippen LogP contribution in [-0.4, -0.2) is 133 Å². The third-order valence-corrected chi connectivity index (χ3v) is 10.3. The number of nitrogens with zero attached hydrogens (tertiary/aromatic N) is 1. The molecular formula is C38H69N7O10. The van der Waals surface area contributed by atoms with Crippen molar-refractivity contribution in [3.63, 3.8) is 0 Å². The van der Waals surface area contributed by atoms with Gasteiger partial charge in [0.25, 0.3) is 0 Å². The van der Waals surface area contributed by atoms with Crippen LogP contribution < -0.4 is 32.3 Å². The minimum Gasteiger partial charge on any atom is -0.465 e. The second-order valence-corrected chi connectivity index (χ2v) is 15.6. The van der Waals surface area contributed by atoms with E-state index in [1.54, 1.807) is 20.9 Å². The zero-order valence-electron chi connectivity index (χ0n) is 33.8. The normalized spacial score (nSPS) is 27.9. The van der Waals surface area contributed by atoms with E-state index < -0.39 is 84.6 Å². The molecule has 17 nitrogen and oxygen atoms in total. The lowest BCUT2D eigenvalue weighted by Crippen LogP contribution is -2.62. The van der Waals surface area contributed by atoms with E-state index in [0.717, 1.165) is 44.9 Å². The van der Waals surface area contributed by atoms with Crippen molar-refractivity contribution in [2.45, 2.75) is 148 Å². The Bertz CT molecular complexity index is 1230. The molecule has 1 aliphatic heterocycles. The Morgan fingerprint density at radius 3 is 2.22 bits per heavy atom. The van der Waals surface area contributed by atoms with Crippen LogP contribution in [0.5, 0.6) is 0 Å². The highest BCUT2D eigenvalue weighted by Gasteiger charge is 2.39. The summed E-state index contributed by atoms with van der Waals surface area (Å²) in [5.41, 5.74) is 5.49. The molecule has 1 heterocycles. The number of unbranched alkanes of at least 4 members (excludes halogenated alkanes) is 3. The summed E-state index contributed by atoms with van der Waals surface area (Å²) < 4.78 is 11.9. The number of hydrogen-bond acceptors (Lipinski definition) is 10. The molecule has 1 aliphatic carbocycles. The number of hydrogen-bond donors (Lipinski definition) is 8. The molecule has 0 aromatic heterocycles. The largest absolute Gasteiger partial charge is 0.465 e. The number of ether oxygens (including phenoxy) is 2. The first-order chi connectivity index (χ1) is 26.1. The molecule has 8 atom stereocenters. The van der Waals surface area contributed by atoms with Gasteiger partial charge in [-0.1, -0.05) is 72.6 Å². The molecule has 0 spiro atoms. The fourth-order valence-corrected chi connectivity index (χ4v) is 7.04. The van der Waals surface area contributed by atoms with Crippen LogP contribution in [0.2, 0.25) is 0 Å². The fraction of sp³-hybridized carbons (Fsp3) is 0.842. The van der Waals surface area contributed by atoms with Gasteiger partial charge in [-0.2, -0.15) is 0 Å². The predicted molar refractivity (Wildman–Crippen MR) is 206 cm³/mol. The molecule has 2 fully saturated rings. The van der Waals surface area contributed by atoms with Crippen molar-refractivity contribution in [2.24, 2.45) is 23.5 Å². The number of aliphatic hydroxyl groups excluding tert-OH is 1. The van der Waals surface area contributed by atoms with Crippen LogP contribution in [0.25, 0.3) is 0 Å². The van der Waals surface area contributed by atoms with Crippen LogP contribution in [0.1, 0.15) is 105 Å². The van der Waals surface area contributed by atoms with E-state index in [1.165, 1.54) is 4.90 Å². The van der Waals surface area contributed by atoms with E-state index >= 15 is 0 Å². The maximum absolute atomic E-state index is 14.3. The van der Waals surface area contributed by atoms with Gasteiger partial charge in [-0.25, -0.2) is 4.79 Å². The summed E-state index contributed by atoms with van der Waals surface area (Å²) in [4.78, 5) is 83.0. The van der Waals surface area contributed by atoms with Crippen molar-refractivity contribution in [3.8, 4) is 0 Å². The van der Waals surface area contributed by atoms with Crippen molar-refractivity contribution in [1.82, 2.24) is 31.5 Å². The van der Waals surface area contributed by atoms with E-state index in [9.17, 15) is 39.0 Å². The average Bonchev–Trinajstić information content (AvgIpc) is 3.15. The Labute approximate surface area is 326 Å². The molecule has 2 aliphatic rings. The van der Waals surface area contributed by atoms with Gasteiger partial charge >= 0.3 is 6.09 Å². The van der Waals surface area contributed by atoms with Gasteiger partial charge in [0.05, 0.1) is 44.5 Å². The zero-order chi connectivity index (χ0) is 41.1. The number of carbonyl (C=O) groups excluding carboxylic acids is 5. The summed E-state index contributed by atoms with van der Waals surface area (Å²) in [6.45, 7) is 8.26. The van der Waals surface area contributed by atoms with E-state index in [1.807, 2.05) is 13.8 Å². The smallest absolute Gasteiger partial charge is 0.404 e. The summed E-state index contributed by atoms with van der Waals surface area (Å²) in [7, 11) is 1.59. The number of carboxylic acid groups (broad SMARTS) is 1. The molecule has 17 heteroatoms. The lowest BCUT2D eigenvalue weighted by atomic mass is 9.83. The van der Waals surface area contributed by atoms with E-state index in [0.29, 0.717) is 25.7 Å². The molecule has 9 N–H and O–H groups in total. The van der Waals surface area contributed by atoms with Gasteiger partial charge in [0.15, 0.2) is 0 Å². The number of rotatable bonds is 15. The molecule has 0 aromatic carbocycles. The Balaban J connectivity index is 2.62. The number of nitrogens with two attached hydrogens (primary N) is 1. The van der Waals surface area contributed by atoms with E-state index in [2.05, 4.69) is 33.5 Å². The Morgan fingerprint density at radius 2 is 1.60 bits per heavy atom. The topological polar surface area (TPSA) is 251 Å². The molecule has 0 bridgehead atoms. The van der Waals surface area contributed by atoms with Crippen LogP contribution in [-0.2, 0) is 33.4 Å². The first kappa shape index (κ1) is 47.6. The number of nitrogens with one attached hydrogen (secondary N) is 5. The van der Waals surface area contributed by atoms with Crippen molar-refractivity contribution >= 4 is 35.6 Å². The van der Waals surface area contributed by atoms with Crippen LogP contribution in [0, 0.1) is 17.8 Å². The molecule has 2 rings (SSSR count). The van der Waals surface area contributed by atoms with E-state index in [-0.39, 0.29) is 44.1 Å². The highest BCUT2D eigenvalue weighted by atomic mass is 16.5. The Hall–Kier alpha value is -3.54. The molecule has 6 amide bonds. The monoisotopic (exact) mass is 784 g/mol. The third-order valence-electron chi connectivity index (χ3n) is 10.3. The highest BCUT2D eigenvalue weighted by molar-refractivity contribution is 5.96. The number of carbonyl (C=O) groups is 6. The quantitative estimate of drug-likeness (QED) is 0.109. The van der Waals surface area contributed by atoms with E-state index in [4.69, 9.17) is 15.2 Å². The minimum atomic E-state index is -1.50. The number of likely N-dealkylation sites (N-methyl/N-ethyl adjacent to an activating group) is 1. The van der Waals surface area contributed by atoms with Crippen molar-refractivity contribution in [2.75, 3.05) is 40.0 Å². The lowest BCUT2D eigenvalue weighted by molar-refractivity contribution is -0.147. The molecule has 1 saturated heterocycles. The first-order valence-electron chi connectivity index (χ1n) is 20.1. The second kappa shape index (κ2) is 24.9. The minimum absolute atomic E-state index is 0.0149. The average molecular weight is 784 g/mol. The molecule has 1 unspecified atom stereocenters. The number of aliphatic hydroxyl groups is 1.